The van der Waals surface area contributed by atoms with Gasteiger partial charge in [-0.2, -0.15) is 0 Å². The summed E-state index contributed by atoms with van der Waals surface area (Å²) in [6.07, 6.45) is 8.13. The van der Waals surface area contributed by atoms with Crippen molar-refractivity contribution < 1.29 is 14.3 Å². The first-order chi connectivity index (χ1) is 12.2. The molecule has 25 heavy (non-hydrogen) atoms. The number of carbonyl (C=O) groups excluding carboxylic acids is 1. The minimum atomic E-state index is -0.298. The molecule has 0 heterocycles. The van der Waals surface area contributed by atoms with E-state index in [2.05, 4.69) is 12.1 Å². The zero-order valence-corrected chi connectivity index (χ0v) is 14.9. The van der Waals surface area contributed by atoms with Crippen LogP contribution in [0.5, 0.6) is 5.75 Å². The maximum absolute atomic E-state index is 12.0. The zero-order valence-electron chi connectivity index (χ0n) is 14.9. The SMILES string of the molecule is COC(=O)c1ccc(-c2cccc(OC)c2)c(C2=CCCCCC2)c1. The number of benzene rings is 2. The lowest BCUT2D eigenvalue weighted by molar-refractivity contribution is 0.0600. The summed E-state index contributed by atoms with van der Waals surface area (Å²) in [6, 6.07) is 13.9. The standard InChI is InChI=1S/C22H24O3/c1-24-19-11-7-10-17(14-19)20-13-12-18(22(23)25-2)15-21(20)16-8-5-3-4-6-9-16/h7-8,10-15H,3-6,9H2,1-2H3. The maximum atomic E-state index is 12.0. The van der Waals surface area contributed by atoms with E-state index in [4.69, 9.17) is 9.47 Å². The first-order valence-electron chi connectivity index (χ1n) is 8.79. The van der Waals surface area contributed by atoms with Crippen LogP contribution in [0.3, 0.4) is 0 Å². The number of allylic oxidation sites excluding steroid dienone is 2. The van der Waals surface area contributed by atoms with E-state index in [1.807, 2.05) is 36.4 Å². The van der Waals surface area contributed by atoms with Crippen LogP contribution in [0.25, 0.3) is 16.7 Å². The number of rotatable bonds is 4. The number of methoxy groups -OCH3 is 2. The number of hydrogen-bond acceptors (Lipinski definition) is 3. The minimum absolute atomic E-state index is 0.298. The predicted octanol–water partition coefficient (Wildman–Crippen LogP) is 5.50. The van der Waals surface area contributed by atoms with Gasteiger partial charge in [0, 0.05) is 0 Å². The number of esters is 1. The highest BCUT2D eigenvalue weighted by Crippen LogP contribution is 2.35. The van der Waals surface area contributed by atoms with Crippen LogP contribution < -0.4 is 4.74 Å². The van der Waals surface area contributed by atoms with Crippen molar-refractivity contribution in [2.75, 3.05) is 14.2 Å². The second-order valence-electron chi connectivity index (χ2n) is 6.31. The molecule has 0 bridgehead atoms. The molecule has 0 atom stereocenters. The lowest BCUT2D eigenvalue weighted by Gasteiger charge is -2.15. The molecular weight excluding hydrogens is 312 g/mol. The van der Waals surface area contributed by atoms with Crippen LogP contribution >= 0.6 is 0 Å². The van der Waals surface area contributed by atoms with E-state index in [9.17, 15) is 4.79 Å². The number of ether oxygens (including phenoxy) is 2. The van der Waals surface area contributed by atoms with Crippen LogP contribution in [0.4, 0.5) is 0 Å². The van der Waals surface area contributed by atoms with E-state index in [-0.39, 0.29) is 5.97 Å². The van der Waals surface area contributed by atoms with Gasteiger partial charge in [-0.1, -0.05) is 30.7 Å². The Kier molecular flexibility index (Phi) is 5.54. The molecule has 0 saturated heterocycles. The number of carbonyl (C=O) groups is 1. The predicted molar refractivity (Wildman–Crippen MR) is 101 cm³/mol. The second kappa shape index (κ2) is 8.02. The second-order valence-corrected chi connectivity index (χ2v) is 6.31. The molecule has 0 amide bonds. The molecule has 1 aliphatic carbocycles. The van der Waals surface area contributed by atoms with E-state index in [0.29, 0.717) is 5.56 Å². The van der Waals surface area contributed by atoms with E-state index < -0.39 is 0 Å². The Balaban J connectivity index is 2.13. The Bertz CT molecular complexity index is 790. The van der Waals surface area contributed by atoms with E-state index in [1.54, 1.807) is 7.11 Å². The van der Waals surface area contributed by atoms with Crippen LogP contribution in [-0.2, 0) is 4.74 Å². The largest absolute Gasteiger partial charge is 0.497 e. The van der Waals surface area contributed by atoms with Gasteiger partial charge in [-0.25, -0.2) is 4.79 Å². The van der Waals surface area contributed by atoms with Crippen LogP contribution in [0.2, 0.25) is 0 Å². The van der Waals surface area contributed by atoms with Crippen molar-refractivity contribution in [2.45, 2.75) is 32.1 Å². The van der Waals surface area contributed by atoms with Crippen molar-refractivity contribution in [3.63, 3.8) is 0 Å². The Morgan fingerprint density at radius 3 is 2.64 bits per heavy atom. The molecule has 0 unspecified atom stereocenters. The van der Waals surface area contributed by atoms with Crippen molar-refractivity contribution in [2.24, 2.45) is 0 Å². The third-order valence-electron chi connectivity index (χ3n) is 4.71. The molecule has 0 radical (unpaired) electrons. The van der Waals surface area contributed by atoms with Gasteiger partial charge in [0.25, 0.3) is 0 Å². The van der Waals surface area contributed by atoms with Gasteiger partial charge >= 0.3 is 5.97 Å². The van der Waals surface area contributed by atoms with E-state index in [1.165, 1.54) is 31.9 Å². The third-order valence-corrected chi connectivity index (χ3v) is 4.71. The molecule has 0 fully saturated rings. The van der Waals surface area contributed by atoms with Crippen molar-refractivity contribution >= 4 is 11.5 Å². The molecule has 0 saturated carbocycles. The van der Waals surface area contributed by atoms with Crippen molar-refractivity contribution in [1.82, 2.24) is 0 Å². The molecule has 130 valence electrons. The summed E-state index contributed by atoms with van der Waals surface area (Å²) in [7, 11) is 3.09. The fraction of sp³-hybridized carbons (Fsp3) is 0.318. The normalized spacial score (nSPS) is 14.4. The molecule has 3 heteroatoms. The van der Waals surface area contributed by atoms with E-state index in [0.717, 1.165) is 35.3 Å². The molecule has 1 aliphatic rings. The quantitative estimate of drug-likeness (QED) is 0.692. The Hall–Kier alpha value is -2.55. The lowest BCUT2D eigenvalue weighted by atomic mass is 9.90. The Morgan fingerprint density at radius 2 is 1.84 bits per heavy atom. The summed E-state index contributed by atoms with van der Waals surface area (Å²) in [5, 5.41) is 0. The smallest absolute Gasteiger partial charge is 0.337 e. The van der Waals surface area contributed by atoms with Gasteiger partial charge in [0.15, 0.2) is 0 Å². The molecule has 0 aliphatic heterocycles. The lowest BCUT2D eigenvalue weighted by Crippen LogP contribution is -2.03. The van der Waals surface area contributed by atoms with Crippen LogP contribution in [-0.4, -0.2) is 20.2 Å². The highest BCUT2D eigenvalue weighted by molar-refractivity contribution is 5.93. The summed E-state index contributed by atoms with van der Waals surface area (Å²) < 4.78 is 10.3. The molecule has 0 aromatic heterocycles. The van der Waals surface area contributed by atoms with Gasteiger partial charge in [0.1, 0.15) is 5.75 Å². The highest BCUT2D eigenvalue weighted by atomic mass is 16.5. The maximum Gasteiger partial charge on any atom is 0.337 e. The van der Waals surface area contributed by atoms with Gasteiger partial charge < -0.3 is 9.47 Å². The number of hydrogen-bond donors (Lipinski definition) is 0. The summed E-state index contributed by atoms with van der Waals surface area (Å²) in [5.74, 6) is 0.531. The minimum Gasteiger partial charge on any atom is -0.497 e. The fourth-order valence-electron chi connectivity index (χ4n) is 3.36. The average Bonchev–Trinajstić information content (AvgIpc) is 2.96. The van der Waals surface area contributed by atoms with E-state index >= 15 is 0 Å². The summed E-state index contributed by atoms with van der Waals surface area (Å²) >= 11 is 0. The fourth-order valence-corrected chi connectivity index (χ4v) is 3.36. The van der Waals surface area contributed by atoms with Gasteiger partial charge in [0.05, 0.1) is 19.8 Å². The van der Waals surface area contributed by atoms with Gasteiger partial charge in [0.2, 0.25) is 0 Å². The van der Waals surface area contributed by atoms with Gasteiger partial charge in [-0.3, -0.25) is 0 Å². The molecule has 3 nitrogen and oxygen atoms in total. The van der Waals surface area contributed by atoms with Crippen LogP contribution in [0.15, 0.2) is 48.5 Å². The Morgan fingerprint density at radius 1 is 0.960 bits per heavy atom. The van der Waals surface area contributed by atoms with Crippen molar-refractivity contribution in [3.05, 3.63) is 59.7 Å². The molecule has 0 spiro atoms. The first kappa shape index (κ1) is 17.3. The van der Waals surface area contributed by atoms with Crippen molar-refractivity contribution in [1.29, 1.82) is 0 Å². The Labute approximate surface area is 149 Å². The monoisotopic (exact) mass is 336 g/mol. The average molecular weight is 336 g/mol. The third kappa shape index (κ3) is 3.93. The van der Waals surface area contributed by atoms with Crippen molar-refractivity contribution in [3.8, 4) is 16.9 Å². The zero-order chi connectivity index (χ0) is 17.6. The molecule has 2 aromatic carbocycles. The van der Waals surface area contributed by atoms with Crippen LogP contribution in [0.1, 0.15) is 48.0 Å². The highest BCUT2D eigenvalue weighted by Gasteiger charge is 2.15. The van der Waals surface area contributed by atoms with Crippen LogP contribution in [0, 0.1) is 0 Å². The molecular formula is C22H24O3. The molecule has 0 N–H and O–H groups in total. The molecule has 3 rings (SSSR count). The first-order valence-corrected chi connectivity index (χ1v) is 8.79. The topological polar surface area (TPSA) is 35.5 Å². The summed E-state index contributed by atoms with van der Waals surface area (Å²) in [6.45, 7) is 0. The summed E-state index contributed by atoms with van der Waals surface area (Å²) in [5.41, 5.74) is 5.25. The van der Waals surface area contributed by atoms with Gasteiger partial charge in [-0.05, 0) is 72.2 Å². The van der Waals surface area contributed by atoms with Gasteiger partial charge in [-0.15, -0.1) is 0 Å². The molecule has 2 aromatic rings. The summed E-state index contributed by atoms with van der Waals surface area (Å²) in [4.78, 5) is 12.0.